The molecule has 1 N–H and O–H groups in total. The number of rotatable bonds is 5. The predicted octanol–water partition coefficient (Wildman–Crippen LogP) is 4.06. The minimum atomic E-state index is 0.743. The van der Waals surface area contributed by atoms with Gasteiger partial charge in [0, 0.05) is 11.8 Å². The van der Waals surface area contributed by atoms with Gasteiger partial charge in [-0.05, 0) is 31.1 Å². The first kappa shape index (κ1) is 14.2. The molecule has 0 saturated heterocycles. The van der Waals surface area contributed by atoms with E-state index in [1.54, 1.807) is 0 Å². The summed E-state index contributed by atoms with van der Waals surface area (Å²) < 4.78 is 0. The van der Waals surface area contributed by atoms with Gasteiger partial charge in [0.2, 0.25) is 0 Å². The second-order valence-corrected chi connectivity index (χ2v) is 7.32. The molecule has 1 fully saturated rings. The molecule has 0 amide bonds. The number of nitrogens with one attached hydrogen (secondary N) is 1. The fourth-order valence-electron chi connectivity index (χ4n) is 3.19. The lowest BCUT2D eigenvalue weighted by atomic mass is 9.81. The van der Waals surface area contributed by atoms with Crippen LogP contribution in [0.15, 0.2) is 4.99 Å². The van der Waals surface area contributed by atoms with Crippen molar-refractivity contribution < 1.29 is 0 Å². The molecule has 2 rings (SSSR count). The van der Waals surface area contributed by atoms with E-state index in [0.29, 0.717) is 0 Å². The fraction of sp³-hybridized carbons (Fsp3) is 0.933. The third-order valence-corrected chi connectivity index (χ3v) is 5.42. The van der Waals surface area contributed by atoms with Crippen LogP contribution in [0.4, 0.5) is 0 Å². The highest BCUT2D eigenvalue weighted by Crippen LogP contribution is 2.30. The van der Waals surface area contributed by atoms with Crippen LogP contribution in [-0.2, 0) is 0 Å². The third-order valence-electron chi connectivity index (χ3n) is 4.20. The molecule has 0 aromatic rings. The molecule has 2 aliphatic rings. The molecular weight excluding hydrogens is 240 g/mol. The molecule has 104 valence electrons. The molecule has 3 atom stereocenters. The fourth-order valence-corrected chi connectivity index (χ4v) is 4.34. The molecule has 0 radical (unpaired) electrons. The molecule has 3 heteroatoms. The monoisotopic (exact) mass is 268 g/mol. The lowest BCUT2D eigenvalue weighted by molar-refractivity contribution is 0.270. The molecule has 1 heterocycles. The highest BCUT2D eigenvalue weighted by molar-refractivity contribution is 8.14. The average molecular weight is 268 g/mol. The molecule has 1 aliphatic heterocycles. The van der Waals surface area contributed by atoms with Gasteiger partial charge in [0.05, 0.1) is 6.54 Å². The lowest BCUT2D eigenvalue weighted by Crippen LogP contribution is -2.24. The summed E-state index contributed by atoms with van der Waals surface area (Å²) in [4.78, 5) is 4.60. The standard InChI is InChI=1S/C15H28N2S/c1-3-5-14-11-17-15(18-14)16-9-8-13-7-4-6-12(2)10-13/h12-14H,3-11H2,1-2H3,(H,16,17). The van der Waals surface area contributed by atoms with Crippen LogP contribution in [0.25, 0.3) is 0 Å². The lowest BCUT2D eigenvalue weighted by Gasteiger charge is -2.26. The largest absolute Gasteiger partial charge is 0.365 e. The topological polar surface area (TPSA) is 24.4 Å². The third kappa shape index (κ3) is 4.49. The summed E-state index contributed by atoms with van der Waals surface area (Å²) in [6.45, 7) is 6.82. The van der Waals surface area contributed by atoms with Crippen LogP contribution in [-0.4, -0.2) is 23.5 Å². The van der Waals surface area contributed by atoms with Crippen LogP contribution < -0.4 is 5.32 Å². The van der Waals surface area contributed by atoms with Crippen LogP contribution in [0, 0.1) is 11.8 Å². The van der Waals surface area contributed by atoms with E-state index < -0.39 is 0 Å². The van der Waals surface area contributed by atoms with Gasteiger partial charge in [-0.1, -0.05) is 51.3 Å². The zero-order valence-electron chi connectivity index (χ0n) is 12.0. The van der Waals surface area contributed by atoms with E-state index in [4.69, 9.17) is 0 Å². The Morgan fingerprint density at radius 1 is 1.33 bits per heavy atom. The Morgan fingerprint density at radius 2 is 2.22 bits per heavy atom. The van der Waals surface area contributed by atoms with E-state index in [9.17, 15) is 0 Å². The van der Waals surface area contributed by atoms with Crippen LogP contribution in [0.2, 0.25) is 0 Å². The molecule has 0 aromatic heterocycles. The van der Waals surface area contributed by atoms with Gasteiger partial charge < -0.3 is 5.32 Å². The van der Waals surface area contributed by atoms with E-state index in [0.717, 1.165) is 30.2 Å². The Bertz CT molecular complexity index is 278. The molecule has 18 heavy (non-hydrogen) atoms. The smallest absolute Gasteiger partial charge is 0.156 e. The predicted molar refractivity (Wildman–Crippen MR) is 82.3 cm³/mol. The normalized spacial score (nSPS) is 32.3. The first-order valence-electron chi connectivity index (χ1n) is 7.73. The first-order valence-corrected chi connectivity index (χ1v) is 8.61. The Morgan fingerprint density at radius 3 is 3.00 bits per heavy atom. The number of aliphatic imine (C=N–C) groups is 1. The van der Waals surface area contributed by atoms with E-state index in [-0.39, 0.29) is 0 Å². The molecule has 2 nitrogen and oxygen atoms in total. The van der Waals surface area contributed by atoms with Crippen LogP contribution in [0.1, 0.15) is 58.8 Å². The second kappa shape index (κ2) is 7.42. The molecule has 1 aliphatic carbocycles. The Kier molecular flexibility index (Phi) is 5.87. The maximum atomic E-state index is 4.60. The van der Waals surface area contributed by atoms with Gasteiger partial charge in [0.25, 0.3) is 0 Å². The van der Waals surface area contributed by atoms with Crippen molar-refractivity contribution in [2.45, 2.75) is 64.0 Å². The van der Waals surface area contributed by atoms with Crippen molar-refractivity contribution in [3.8, 4) is 0 Å². The summed E-state index contributed by atoms with van der Waals surface area (Å²) in [6.07, 6.45) is 9.71. The molecule has 1 saturated carbocycles. The summed E-state index contributed by atoms with van der Waals surface area (Å²) >= 11 is 1.96. The minimum Gasteiger partial charge on any atom is -0.365 e. The highest BCUT2D eigenvalue weighted by atomic mass is 32.2. The summed E-state index contributed by atoms with van der Waals surface area (Å²) in [5.41, 5.74) is 0. The number of thioether (sulfide) groups is 1. The average Bonchev–Trinajstić information content (AvgIpc) is 2.78. The van der Waals surface area contributed by atoms with Gasteiger partial charge >= 0.3 is 0 Å². The van der Waals surface area contributed by atoms with Gasteiger partial charge in [0.15, 0.2) is 5.17 Å². The maximum absolute atomic E-state index is 4.60. The highest BCUT2D eigenvalue weighted by Gasteiger charge is 2.20. The summed E-state index contributed by atoms with van der Waals surface area (Å²) in [7, 11) is 0. The molecule has 3 unspecified atom stereocenters. The molecular formula is C15H28N2S. The molecule has 0 spiro atoms. The summed E-state index contributed by atoms with van der Waals surface area (Å²) in [5.74, 6) is 1.91. The van der Waals surface area contributed by atoms with Crippen molar-refractivity contribution >= 4 is 16.9 Å². The first-order chi connectivity index (χ1) is 8.78. The number of hydrogen-bond donors (Lipinski definition) is 1. The van der Waals surface area contributed by atoms with Crippen molar-refractivity contribution in [1.29, 1.82) is 0 Å². The van der Waals surface area contributed by atoms with Crippen LogP contribution in [0.5, 0.6) is 0 Å². The Hall–Kier alpha value is -0.180. The van der Waals surface area contributed by atoms with E-state index in [1.807, 2.05) is 11.8 Å². The Balaban J connectivity index is 1.58. The number of amidine groups is 1. The summed E-state index contributed by atoms with van der Waals surface area (Å²) in [6, 6.07) is 0. The van der Waals surface area contributed by atoms with Gasteiger partial charge in [-0.2, -0.15) is 0 Å². The van der Waals surface area contributed by atoms with Crippen molar-refractivity contribution in [3.63, 3.8) is 0 Å². The molecule has 0 aromatic carbocycles. The van der Waals surface area contributed by atoms with Crippen molar-refractivity contribution in [3.05, 3.63) is 0 Å². The van der Waals surface area contributed by atoms with E-state index in [2.05, 4.69) is 24.2 Å². The van der Waals surface area contributed by atoms with Crippen LogP contribution in [0.3, 0.4) is 0 Å². The SMILES string of the molecule is CCCC1CN=C(NCCC2CCCC(C)C2)S1. The number of nitrogens with zero attached hydrogens (tertiary/aromatic N) is 1. The van der Waals surface area contributed by atoms with Gasteiger partial charge in [-0.3, -0.25) is 4.99 Å². The van der Waals surface area contributed by atoms with Crippen LogP contribution >= 0.6 is 11.8 Å². The van der Waals surface area contributed by atoms with E-state index >= 15 is 0 Å². The van der Waals surface area contributed by atoms with Crippen molar-refractivity contribution in [2.75, 3.05) is 13.1 Å². The number of hydrogen-bond acceptors (Lipinski definition) is 3. The zero-order chi connectivity index (χ0) is 12.8. The zero-order valence-corrected chi connectivity index (χ0v) is 12.8. The van der Waals surface area contributed by atoms with Crippen molar-refractivity contribution in [1.82, 2.24) is 5.32 Å². The van der Waals surface area contributed by atoms with Crippen molar-refractivity contribution in [2.24, 2.45) is 16.8 Å². The maximum Gasteiger partial charge on any atom is 0.156 e. The Labute approximate surface area is 116 Å². The summed E-state index contributed by atoms with van der Waals surface area (Å²) in [5, 5.41) is 5.49. The molecule has 0 bridgehead atoms. The minimum absolute atomic E-state index is 0.743. The quantitative estimate of drug-likeness (QED) is 0.813. The van der Waals surface area contributed by atoms with Gasteiger partial charge in [-0.15, -0.1) is 0 Å². The van der Waals surface area contributed by atoms with Gasteiger partial charge in [-0.25, -0.2) is 0 Å². The van der Waals surface area contributed by atoms with Gasteiger partial charge in [0.1, 0.15) is 0 Å². The second-order valence-electron chi connectivity index (χ2n) is 6.03. The van der Waals surface area contributed by atoms with E-state index in [1.165, 1.54) is 50.1 Å².